The second-order valence-electron chi connectivity index (χ2n) is 9.54. The minimum atomic E-state index is 0.572. The van der Waals surface area contributed by atoms with E-state index in [1.54, 1.807) is 0 Å². The summed E-state index contributed by atoms with van der Waals surface area (Å²) in [7, 11) is 0. The van der Waals surface area contributed by atoms with Crippen molar-refractivity contribution in [3.63, 3.8) is 0 Å². The fourth-order valence-electron chi connectivity index (χ4n) is 3.29. The molecular weight excluding hydrogens is 386 g/mol. The summed E-state index contributed by atoms with van der Waals surface area (Å²) in [5, 5.41) is 24.5. The fourth-order valence-corrected chi connectivity index (χ4v) is 3.29. The van der Waals surface area contributed by atoms with Gasteiger partial charge in [0.15, 0.2) is 0 Å². The Morgan fingerprint density at radius 1 is 0.387 bits per heavy atom. The zero-order valence-electron chi connectivity index (χ0n) is 21.7. The van der Waals surface area contributed by atoms with Gasteiger partial charge in [-0.1, -0.05) is 34.6 Å². The van der Waals surface area contributed by atoms with E-state index in [4.69, 9.17) is 0 Å². The molecule has 0 fully saturated rings. The zero-order valence-corrected chi connectivity index (χ0v) is 21.7. The highest BCUT2D eigenvalue weighted by atomic mass is 15.0. The summed E-state index contributed by atoms with van der Waals surface area (Å²) in [4.78, 5) is 0. The average molecular weight is 444 g/mol. The number of rotatable bonds is 24. The quantitative estimate of drug-likeness (QED) is 0.113. The van der Waals surface area contributed by atoms with E-state index in [1.165, 1.54) is 19.3 Å². The maximum Gasteiger partial charge on any atom is 0.00792 e. The second-order valence-corrected chi connectivity index (χ2v) is 9.54. The van der Waals surface area contributed by atoms with Crippen molar-refractivity contribution >= 4 is 0 Å². The molecule has 7 heteroatoms. The summed E-state index contributed by atoms with van der Waals surface area (Å²) >= 11 is 0. The molecule has 0 saturated heterocycles. The highest BCUT2D eigenvalue weighted by Crippen LogP contribution is 2.11. The largest absolute Gasteiger partial charge is 0.315 e. The van der Waals surface area contributed by atoms with Crippen LogP contribution in [0.15, 0.2) is 0 Å². The number of hydrogen-bond donors (Lipinski definition) is 7. The van der Waals surface area contributed by atoms with E-state index < -0.39 is 0 Å². The van der Waals surface area contributed by atoms with Crippen LogP contribution >= 0.6 is 0 Å². The van der Waals surface area contributed by atoms with Gasteiger partial charge in [-0.05, 0) is 38.6 Å². The van der Waals surface area contributed by atoms with Crippen LogP contribution < -0.4 is 37.2 Å². The van der Waals surface area contributed by atoms with Crippen molar-refractivity contribution in [3.05, 3.63) is 0 Å². The van der Waals surface area contributed by atoms with E-state index in [2.05, 4.69) is 78.8 Å². The van der Waals surface area contributed by atoms with Gasteiger partial charge in [-0.15, -0.1) is 0 Å². The molecule has 31 heavy (non-hydrogen) atoms. The molecule has 0 rings (SSSR count). The van der Waals surface area contributed by atoms with E-state index in [-0.39, 0.29) is 0 Å². The summed E-state index contributed by atoms with van der Waals surface area (Å²) in [6, 6.07) is 1.74. The van der Waals surface area contributed by atoms with E-state index in [0.29, 0.717) is 18.1 Å². The Morgan fingerprint density at radius 2 is 0.774 bits per heavy atom. The third kappa shape index (κ3) is 25.9. The van der Waals surface area contributed by atoms with Gasteiger partial charge in [-0.3, -0.25) is 0 Å². The number of hydrogen-bond acceptors (Lipinski definition) is 7. The van der Waals surface area contributed by atoms with E-state index >= 15 is 0 Å². The molecule has 188 valence electrons. The lowest BCUT2D eigenvalue weighted by atomic mass is 9.99. The summed E-state index contributed by atoms with van der Waals surface area (Å²) in [6.07, 6.45) is 3.83. The fraction of sp³-hybridized carbons (Fsp3) is 1.00. The molecule has 0 heterocycles. The molecule has 0 spiro atoms. The minimum Gasteiger partial charge on any atom is -0.315 e. The van der Waals surface area contributed by atoms with Crippen LogP contribution in [0.3, 0.4) is 0 Å². The Hall–Kier alpha value is -0.280. The number of nitrogens with one attached hydrogen (secondary N) is 7. The SMILES string of the molecule is CC(CCNCCNCCNC(C)C)CCC(C)NCCNCCNCCNC(C)C. The standard InChI is InChI=1S/C24H57N7/c1-21(2)29-18-15-26-12-11-25-10-9-23(5)7-8-24(6)31-20-17-28-14-13-27-16-19-30-22(3)4/h21-31H,7-20H2,1-6H3. The molecule has 0 aromatic rings. The first kappa shape index (κ1) is 30.7. The maximum atomic E-state index is 3.65. The summed E-state index contributed by atoms with van der Waals surface area (Å²) in [5.74, 6) is 0.786. The first-order valence-electron chi connectivity index (χ1n) is 12.9. The van der Waals surface area contributed by atoms with Gasteiger partial charge >= 0.3 is 0 Å². The highest BCUT2D eigenvalue weighted by Gasteiger charge is 2.06. The van der Waals surface area contributed by atoms with Crippen molar-refractivity contribution in [1.82, 2.24) is 37.2 Å². The Morgan fingerprint density at radius 3 is 1.23 bits per heavy atom. The van der Waals surface area contributed by atoms with Crippen LogP contribution in [-0.4, -0.2) is 90.1 Å². The normalized spacial score (nSPS) is 13.9. The Balaban J connectivity index is 3.32. The minimum absolute atomic E-state index is 0.572. The van der Waals surface area contributed by atoms with Gasteiger partial charge in [0, 0.05) is 83.6 Å². The molecule has 0 saturated carbocycles. The van der Waals surface area contributed by atoms with Crippen molar-refractivity contribution in [2.24, 2.45) is 5.92 Å². The lowest BCUT2D eigenvalue weighted by molar-refractivity contribution is 0.407. The van der Waals surface area contributed by atoms with Crippen LogP contribution in [0.2, 0.25) is 0 Å². The topological polar surface area (TPSA) is 84.2 Å². The lowest BCUT2D eigenvalue weighted by Crippen LogP contribution is -2.37. The third-order valence-corrected chi connectivity index (χ3v) is 5.37. The molecule has 2 atom stereocenters. The summed E-state index contributed by atoms with van der Waals surface area (Å²) in [6.45, 7) is 25.0. The third-order valence-electron chi connectivity index (χ3n) is 5.37. The molecule has 0 radical (unpaired) electrons. The molecule has 0 aliphatic heterocycles. The molecular formula is C24H57N7. The monoisotopic (exact) mass is 443 g/mol. The van der Waals surface area contributed by atoms with Crippen molar-refractivity contribution in [3.8, 4) is 0 Å². The Bertz CT molecular complexity index is 353. The van der Waals surface area contributed by atoms with Crippen LogP contribution in [0.4, 0.5) is 0 Å². The van der Waals surface area contributed by atoms with Gasteiger partial charge in [0.1, 0.15) is 0 Å². The van der Waals surface area contributed by atoms with Crippen LogP contribution in [0.5, 0.6) is 0 Å². The molecule has 0 aromatic carbocycles. The Kier molecular flexibility index (Phi) is 22.7. The Labute approximate surface area is 194 Å². The van der Waals surface area contributed by atoms with Gasteiger partial charge in [0.05, 0.1) is 0 Å². The van der Waals surface area contributed by atoms with Crippen LogP contribution in [0.25, 0.3) is 0 Å². The highest BCUT2D eigenvalue weighted by molar-refractivity contribution is 4.66. The molecule has 0 aromatic heterocycles. The molecule has 0 aliphatic rings. The first-order valence-corrected chi connectivity index (χ1v) is 12.9. The van der Waals surface area contributed by atoms with Crippen molar-refractivity contribution in [2.45, 2.75) is 78.9 Å². The van der Waals surface area contributed by atoms with Crippen molar-refractivity contribution in [1.29, 1.82) is 0 Å². The van der Waals surface area contributed by atoms with Crippen LogP contribution in [0.1, 0.15) is 60.8 Å². The van der Waals surface area contributed by atoms with Gasteiger partial charge in [0.25, 0.3) is 0 Å². The first-order chi connectivity index (χ1) is 14.9. The van der Waals surface area contributed by atoms with Crippen LogP contribution in [-0.2, 0) is 0 Å². The maximum absolute atomic E-state index is 3.65. The predicted molar refractivity (Wildman–Crippen MR) is 138 cm³/mol. The molecule has 7 nitrogen and oxygen atoms in total. The predicted octanol–water partition coefficient (Wildman–Crippen LogP) is 1.13. The smallest absolute Gasteiger partial charge is 0.00792 e. The molecule has 0 aliphatic carbocycles. The van der Waals surface area contributed by atoms with E-state index in [0.717, 1.165) is 77.9 Å². The summed E-state index contributed by atoms with van der Waals surface area (Å²) in [5.41, 5.74) is 0. The second kappa shape index (κ2) is 22.9. The van der Waals surface area contributed by atoms with Gasteiger partial charge < -0.3 is 37.2 Å². The lowest BCUT2D eigenvalue weighted by Gasteiger charge is -2.17. The van der Waals surface area contributed by atoms with E-state index in [1.807, 2.05) is 0 Å². The summed E-state index contributed by atoms with van der Waals surface area (Å²) < 4.78 is 0. The van der Waals surface area contributed by atoms with Crippen molar-refractivity contribution in [2.75, 3.05) is 72.0 Å². The molecule has 0 bridgehead atoms. The van der Waals surface area contributed by atoms with Gasteiger partial charge in [-0.25, -0.2) is 0 Å². The molecule has 7 N–H and O–H groups in total. The molecule has 0 amide bonds. The average Bonchev–Trinajstić information content (AvgIpc) is 2.71. The molecule has 2 unspecified atom stereocenters. The van der Waals surface area contributed by atoms with Gasteiger partial charge in [-0.2, -0.15) is 0 Å². The zero-order chi connectivity index (χ0) is 23.2. The van der Waals surface area contributed by atoms with E-state index in [9.17, 15) is 0 Å². The van der Waals surface area contributed by atoms with Crippen molar-refractivity contribution < 1.29 is 0 Å². The van der Waals surface area contributed by atoms with Crippen LogP contribution in [0, 0.1) is 5.92 Å². The van der Waals surface area contributed by atoms with Gasteiger partial charge in [0.2, 0.25) is 0 Å².